The molecule has 10 aromatic carbocycles. The number of anilines is 3. The van der Waals surface area contributed by atoms with Gasteiger partial charge < -0.3 is 4.90 Å². The van der Waals surface area contributed by atoms with E-state index in [9.17, 15) is 0 Å². The Morgan fingerprint density at radius 1 is 0.311 bits per heavy atom. The molecule has 0 saturated carbocycles. The summed E-state index contributed by atoms with van der Waals surface area (Å²) in [5, 5.41) is 2.50. The Morgan fingerprint density at radius 2 is 0.820 bits per heavy atom. The van der Waals surface area contributed by atoms with Gasteiger partial charge in [0.05, 0.1) is 11.4 Å². The molecule has 0 bridgehead atoms. The Hall–Kier alpha value is -7.74. The lowest BCUT2D eigenvalue weighted by atomic mass is 9.74. The van der Waals surface area contributed by atoms with Crippen LogP contribution in [0.25, 0.3) is 66.4 Å². The second-order valence-corrected chi connectivity index (χ2v) is 16.2. The van der Waals surface area contributed by atoms with E-state index in [0.29, 0.717) is 0 Å². The maximum absolute atomic E-state index is 2.50. The molecule has 0 aromatic heterocycles. The summed E-state index contributed by atoms with van der Waals surface area (Å²) in [7, 11) is 0. The predicted molar refractivity (Wildman–Crippen MR) is 258 cm³/mol. The van der Waals surface area contributed by atoms with Crippen LogP contribution in [0.3, 0.4) is 0 Å². The van der Waals surface area contributed by atoms with E-state index >= 15 is 0 Å². The first-order valence-electron chi connectivity index (χ1n) is 21.2. The van der Waals surface area contributed by atoms with Crippen LogP contribution in [0.4, 0.5) is 17.1 Å². The molecule has 0 fully saturated rings. The van der Waals surface area contributed by atoms with E-state index in [2.05, 4.69) is 254 Å². The van der Waals surface area contributed by atoms with Gasteiger partial charge in [0.25, 0.3) is 0 Å². The number of hydrogen-bond acceptors (Lipinski definition) is 1. The zero-order valence-electron chi connectivity index (χ0n) is 34.0. The molecule has 11 rings (SSSR count). The van der Waals surface area contributed by atoms with Gasteiger partial charge in [-0.25, -0.2) is 0 Å². The first-order chi connectivity index (χ1) is 30.1. The molecule has 10 aromatic rings. The number of para-hydroxylation sites is 1. The first-order valence-corrected chi connectivity index (χ1v) is 21.2. The lowest BCUT2D eigenvalue weighted by molar-refractivity contribution is 0.714. The van der Waals surface area contributed by atoms with Gasteiger partial charge in [-0.05, 0) is 115 Å². The van der Waals surface area contributed by atoms with Crippen molar-refractivity contribution < 1.29 is 0 Å². The van der Waals surface area contributed by atoms with Crippen molar-refractivity contribution in [1.29, 1.82) is 0 Å². The molecular weight excluding hydrogens is 735 g/mol. The van der Waals surface area contributed by atoms with E-state index in [1.54, 1.807) is 0 Å². The predicted octanol–water partition coefficient (Wildman–Crippen LogP) is 16.3. The second-order valence-electron chi connectivity index (χ2n) is 16.2. The maximum atomic E-state index is 2.50. The highest BCUT2D eigenvalue weighted by Gasteiger charge is 2.42. The number of hydrogen-bond donors (Lipinski definition) is 0. The van der Waals surface area contributed by atoms with Crippen LogP contribution in [0.2, 0.25) is 0 Å². The molecule has 1 aliphatic rings. The minimum absolute atomic E-state index is 0.327. The summed E-state index contributed by atoms with van der Waals surface area (Å²) in [6.45, 7) is 2.40. The third kappa shape index (κ3) is 6.34. The van der Waals surface area contributed by atoms with Crippen molar-refractivity contribution >= 4 is 27.8 Å². The summed E-state index contributed by atoms with van der Waals surface area (Å²) < 4.78 is 0. The Kier molecular flexibility index (Phi) is 9.02. The Balaban J connectivity index is 1.10. The van der Waals surface area contributed by atoms with E-state index < -0.39 is 0 Å². The van der Waals surface area contributed by atoms with Gasteiger partial charge in [-0.2, -0.15) is 0 Å². The first kappa shape index (κ1) is 36.3. The Bertz CT molecular complexity index is 3200. The van der Waals surface area contributed by atoms with Gasteiger partial charge in [0.2, 0.25) is 0 Å². The third-order valence-electron chi connectivity index (χ3n) is 12.7. The fourth-order valence-corrected chi connectivity index (χ4v) is 9.66. The number of benzene rings is 10. The van der Waals surface area contributed by atoms with E-state index in [-0.39, 0.29) is 5.41 Å². The van der Waals surface area contributed by atoms with E-state index in [1.807, 2.05) is 0 Å². The van der Waals surface area contributed by atoms with Gasteiger partial charge in [-0.15, -0.1) is 0 Å². The Labute approximate surface area is 358 Å². The number of nitrogens with zero attached hydrogens (tertiary/aromatic N) is 1. The summed E-state index contributed by atoms with van der Waals surface area (Å²) in [5.41, 5.74) is 19.0. The van der Waals surface area contributed by atoms with E-state index in [4.69, 9.17) is 0 Å². The highest BCUT2D eigenvalue weighted by atomic mass is 15.1. The molecule has 1 atom stereocenters. The fourth-order valence-electron chi connectivity index (χ4n) is 9.66. The minimum Gasteiger partial charge on any atom is -0.309 e. The fraction of sp³-hybridized carbons (Fsp3) is 0.0333. The lowest BCUT2D eigenvalue weighted by Gasteiger charge is -2.32. The molecule has 0 spiro atoms. The summed E-state index contributed by atoms with van der Waals surface area (Å²) in [5.74, 6) is 0. The van der Waals surface area contributed by atoms with Crippen molar-refractivity contribution in [3.8, 4) is 55.6 Å². The zero-order chi connectivity index (χ0) is 40.8. The summed E-state index contributed by atoms with van der Waals surface area (Å²) in [4.78, 5) is 2.50. The van der Waals surface area contributed by atoms with Gasteiger partial charge in [0, 0.05) is 22.2 Å². The SMILES string of the molecule is CC1(c2ccccc2)c2ccccc2-c2c(N(c3cccc(-c4cccc(-c5ccccc5)c4)c3)c3ccccc3-c3ccc(-c4ccc5ccccc5c4)cc3)cccc21. The third-order valence-corrected chi connectivity index (χ3v) is 12.7. The molecule has 0 saturated heterocycles. The largest absolute Gasteiger partial charge is 0.309 e. The molecule has 0 aliphatic heterocycles. The molecule has 1 nitrogen and oxygen atoms in total. The normalized spacial score (nSPS) is 14.0. The van der Waals surface area contributed by atoms with E-state index in [1.165, 1.54) is 83.1 Å². The van der Waals surface area contributed by atoms with Crippen LogP contribution in [0.1, 0.15) is 23.6 Å². The summed E-state index contributed by atoms with van der Waals surface area (Å²) in [6.07, 6.45) is 0. The molecule has 0 amide bonds. The average Bonchev–Trinajstić information content (AvgIpc) is 3.61. The van der Waals surface area contributed by atoms with Crippen molar-refractivity contribution in [2.24, 2.45) is 0 Å². The van der Waals surface area contributed by atoms with Crippen LogP contribution in [0.5, 0.6) is 0 Å². The molecule has 288 valence electrons. The summed E-state index contributed by atoms with van der Waals surface area (Å²) in [6, 6.07) is 88.8. The highest BCUT2D eigenvalue weighted by Crippen LogP contribution is 2.57. The lowest BCUT2D eigenvalue weighted by Crippen LogP contribution is -2.22. The molecule has 1 aliphatic carbocycles. The standard InChI is InChI=1S/C60H43N/c1-60(51-24-6-3-7-25-51)55-29-12-10-28-54(55)59-56(60)30-16-32-58(59)61(52-26-15-23-49(41-52)48-22-14-21-47(39-48)42-17-4-2-5-18-42)57-31-13-11-27-53(57)45-36-33-44(34-37-45)50-38-35-43-19-8-9-20-46(43)40-50/h2-41H,1H3. The monoisotopic (exact) mass is 777 g/mol. The minimum atomic E-state index is -0.327. The summed E-state index contributed by atoms with van der Waals surface area (Å²) >= 11 is 0. The van der Waals surface area contributed by atoms with Gasteiger partial charge in [0.1, 0.15) is 0 Å². The number of rotatable bonds is 8. The molecular formula is C60H43N. The van der Waals surface area contributed by atoms with Crippen molar-refractivity contribution in [2.45, 2.75) is 12.3 Å². The van der Waals surface area contributed by atoms with Crippen LogP contribution in [0, 0.1) is 0 Å². The van der Waals surface area contributed by atoms with Gasteiger partial charge >= 0.3 is 0 Å². The van der Waals surface area contributed by atoms with E-state index in [0.717, 1.165) is 17.1 Å². The van der Waals surface area contributed by atoms with Gasteiger partial charge in [0.15, 0.2) is 0 Å². The molecule has 1 heteroatoms. The quantitative estimate of drug-likeness (QED) is 0.149. The van der Waals surface area contributed by atoms with Crippen molar-refractivity contribution in [3.63, 3.8) is 0 Å². The topological polar surface area (TPSA) is 3.24 Å². The van der Waals surface area contributed by atoms with Gasteiger partial charge in [-0.3, -0.25) is 0 Å². The molecule has 61 heavy (non-hydrogen) atoms. The van der Waals surface area contributed by atoms with Crippen LogP contribution in [0.15, 0.2) is 243 Å². The van der Waals surface area contributed by atoms with Crippen LogP contribution in [-0.2, 0) is 5.41 Å². The van der Waals surface area contributed by atoms with Crippen LogP contribution >= 0.6 is 0 Å². The van der Waals surface area contributed by atoms with Crippen LogP contribution < -0.4 is 4.90 Å². The number of fused-ring (bicyclic) bond motifs is 4. The Morgan fingerprint density at radius 3 is 1.62 bits per heavy atom. The van der Waals surface area contributed by atoms with Crippen molar-refractivity contribution in [2.75, 3.05) is 4.90 Å². The molecule has 0 radical (unpaired) electrons. The van der Waals surface area contributed by atoms with Crippen molar-refractivity contribution in [1.82, 2.24) is 0 Å². The maximum Gasteiger partial charge on any atom is 0.0543 e. The highest BCUT2D eigenvalue weighted by molar-refractivity contribution is 5.99. The molecule has 0 heterocycles. The molecule has 1 unspecified atom stereocenters. The molecule has 0 N–H and O–H groups in total. The average molecular weight is 778 g/mol. The smallest absolute Gasteiger partial charge is 0.0543 e. The van der Waals surface area contributed by atoms with Gasteiger partial charge in [-0.1, -0.05) is 206 Å². The van der Waals surface area contributed by atoms with Crippen LogP contribution in [-0.4, -0.2) is 0 Å². The zero-order valence-corrected chi connectivity index (χ0v) is 34.0. The second kappa shape index (κ2) is 15.1. The van der Waals surface area contributed by atoms with Crippen molar-refractivity contribution in [3.05, 3.63) is 259 Å².